The molecular formula is C17H24N2O4. The van der Waals surface area contributed by atoms with Gasteiger partial charge in [0.05, 0.1) is 14.2 Å². The van der Waals surface area contributed by atoms with Crippen molar-refractivity contribution in [3.05, 3.63) is 23.3 Å². The number of hydrogen-bond donors (Lipinski definition) is 1. The van der Waals surface area contributed by atoms with Gasteiger partial charge in [0, 0.05) is 20.0 Å². The van der Waals surface area contributed by atoms with Crippen molar-refractivity contribution in [1.82, 2.24) is 10.2 Å². The van der Waals surface area contributed by atoms with Crippen molar-refractivity contribution in [2.45, 2.75) is 38.8 Å². The van der Waals surface area contributed by atoms with Crippen LogP contribution in [0, 0.1) is 6.92 Å². The van der Waals surface area contributed by atoms with Gasteiger partial charge in [-0.15, -0.1) is 0 Å². The average Bonchev–Trinajstić information content (AvgIpc) is 2.55. The molecule has 1 aliphatic heterocycles. The Morgan fingerprint density at radius 3 is 2.57 bits per heavy atom. The van der Waals surface area contributed by atoms with Crippen molar-refractivity contribution >= 4 is 11.8 Å². The van der Waals surface area contributed by atoms with Gasteiger partial charge in [0.15, 0.2) is 11.5 Å². The van der Waals surface area contributed by atoms with E-state index < -0.39 is 6.04 Å². The molecule has 1 aromatic rings. The van der Waals surface area contributed by atoms with Crippen LogP contribution in [0.3, 0.4) is 0 Å². The van der Waals surface area contributed by atoms with Crippen molar-refractivity contribution in [2.75, 3.05) is 21.3 Å². The van der Waals surface area contributed by atoms with Crippen LogP contribution in [0.5, 0.6) is 11.5 Å². The van der Waals surface area contributed by atoms with Crippen LogP contribution in [-0.4, -0.2) is 44.0 Å². The number of ether oxygens (including phenoxy) is 2. The number of piperidine rings is 1. The van der Waals surface area contributed by atoms with Crippen LogP contribution < -0.4 is 14.8 Å². The maximum absolute atomic E-state index is 12.5. The largest absolute Gasteiger partial charge is 0.493 e. The van der Waals surface area contributed by atoms with Gasteiger partial charge in [-0.3, -0.25) is 9.59 Å². The van der Waals surface area contributed by atoms with E-state index in [4.69, 9.17) is 9.47 Å². The highest BCUT2D eigenvalue weighted by Crippen LogP contribution is 2.30. The zero-order valence-electron chi connectivity index (χ0n) is 14.1. The highest BCUT2D eigenvalue weighted by atomic mass is 16.5. The van der Waals surface area contributed by atoms with E-state index in [1.807, 2.05) is 19.1 Å². The third kappa shape index (κ3) is 3.94. The lowest BCUT2D eigenvalue weighted by molar-refractivity contribution is -0.137. The van der Waals surface area contributed by atoms with Crippen molar-refractivity contribution < 1.29 is 19.1 Å². The first-order valence-corrected chi connectivity index (χ1v) is 7.72. The Labute approximate surface area is 136 Å². The van der Waals surface area contributed by atoms with Gasteiger partial charge >= 0.3 is 0 Å². The molecule has 1 aromatic carbocycles. The van der Waals surface area contributed by atoms with Gasteiger partial charge in [-0.1, -0.05) is 0 Å². The molecule has 0 aliphatic carbocycles. The molecule has 1 saturated heterocycles. The van der Waals surface area contributed by atoms with E-state index in [2.05, 4.69) is 5.32 Å². The molecule has 0 unspecified atom stereocenters. The van der Waals surface area contributed by atoms with E-state index in [0.717, 1.165) is 17.5 Å². The zero-order valence-corrected chi connectivity index (χ0v) is 14.1. The molecule has 0 aromatic heterocycles. The Bertz CT molecular complexity index is 601. The van der Waals surface area contributed by atoms with Crippen molar-refractivity contribution in [3.63, 3.8) is 0 Å². The molecule has 2 rings (SSSR count). The molecule has 1 N–H and O–H groups in total. The zero-order chi connectivity index (χ0) is 17.0. The summed E-state index contributed by atoms with van der Waals surface area (Å²) >= 11 is 0. The minimum absolute atomic E-state index is 0.0507. The number of hydrogen-bond acceptors (Lipinski definition) is 4. The summed E-state index contributed by atoms with van der Waals surface area (Å²) in [6.07, 6.45) is 1.95. The van der Waals surface area contributed by atoms with Crippen LogP contribution in [0.2, 0.25) is 0 Å². The number of rotatable bonds is 5. The van der Waals surface area contributed by atoms with E-state index in [1.54, 1.807) is 26.2 Å². The summed E-state index contributed by atoms with van der Waals surface area (Å²) in [7, 11) is 4.93. The highest BCUT2D eigenvalue weighted by Gasteiger charge is 2.27. The average molecular weight is 320 g/mol. The summed E-state index contributed by atoms with van der Waals surface area (Å²) in [5.41, 5.74) is 2.01. The second-order valence-electron chi connectivity index (χ2n) is 5.84. The first kappa shape index (κ1) is 17.1. The normalized spacial score (nSPS) is 17.4. The topological polar surface area (TPSA) is 67.9 Å². The van der Waals surface area contributed by atoms with Crippen molar-refractivity contribution in [1.29, 1.82) is 0 Å². The Kier molecular flexibility index (Phi) is 5.47. The fourth-order valence-corrected chi connectivity index (χ4v) is 2.78. The number of nitrogens with one attached hydrogen (secondary N) is 1. The number of aryl methyl sites for hydroxylation is 1. The summed E-state index contributed by atoms with van der Waals surface area (Å²) < 4.78 is 10.6. The molecule has 0 spiro atoms. The fourth-order valence-electron chi connectivity index (χ4n) is 2.78. The number of carbonyl (C=O) groups is 2. The number of likely N-dealkylation sites (N-methyl/N-ethyl adjacent to an activating group) is 1. The summed E-state index contributed by atoms with van der Waals surface area (Å²) in [6, 6.07) is 3.37. The Morgan fingerprint density at radius 1 is 1.30 bits per heavy atom. The molecule has 126 valence electrons. The highest BCUT2D eigenvalue weighted by molar-refractivity contribution is 5.88. The van der Waals surface area contributed by atoms with Crippen LogP contribution in [-0.2, 0) is 16.1 Å². The van der Waals surface area contributed by atoms with Gasteiger partial charge in [-0.05, 0) is 43.0 Å². The quantitative estimate of drug-likeness (QED) is 0.895. The lowest BCUT2D eigenvalue weighted by atomic mass is 10.0. The fraction of sp³-hybridized carbons (Fsp3) is 0.529. The molecule has 2 amide bonds. The molecule has 6 nitrogen and oxygen atoms in total. The number of amides is 2. The lowest BCUT2D eigenvalue weighted by Crippen LogP contribution is -2.49. The molecule has 0 saturated carbocycles. The minimum Gasteiger partial charge on any atom is -0.493 e. The summed E-state index contributed by atoms with van der Waals surface area (Å²) in [6.45, 7) is 2.43. The van der Waals surface area contributed by atoms with Crippen LogP contribution in [0.4, 0.5) is 0 Å². The second kappa shape index (κ2) is 7.35. The Hall–Kier alpha value is -2.24. The number of methoxy groups -OCH3 is 2. The molecule has 1 atom stereocenters. The summed E-state index contributed by atoms with van der Waals surface area (Å²) in [5, 5.41) is 2.76. The van der Waals surface area contributed by atoms with Crippen LogP contribution in [0.1, 0.15) is 30.4 Å². The number of benzene rings is 1. The molecular weight excluding hydrogens is 296 g/mol. The minimum atomic E-state index is -0.415. The molecule has 0 bridgehead atoms. The predicted octanol–water partition coefficient (Wildman–Crippen LogP) is 1.64. The van der Waals surface area contributed by atoms with Gasteiger partial charge < -0.3 is 19.7 Å². The van der Waals surface area contributed by atoms with Gasteiger partial charge in [0.2, 0.25) is 11.8 Å². The molecule has 1 aliphatic rings. The van der Waals surface area contributed by atoms with E-state index >= 15 is 0 Å². The monoisotopic (exact) mass is 320 g/mol. The van der Waals surface area contributed by atoms with E-state index in [0.29, 0.717) is 30.9 Å². The SMILES string of the molecule is COc1cc(C)c(CN(C)C(=O)[C@H]2CCCC(=O)N2)cc1OC. The first-order chi connectivity index (χ1) is 11.0. The van der Waals surface area contributed by atoms with Gasteiger partial charge in [-0.25, -0.2) is 0 Å². The summed E-state index contributed by atoms with van der Waals surface area (Å²) in [4.78, 5) is 25.6. The van der Waals surface area contributed by atoms with Gasteiger partial charge in [0.1, 0.15) is 6.04 Å². The Balaban J connectivity index is 2.11. The molecule has 1 heterocycles. The second-order valence-corrected chi connectivity index (χ2v) is 5.84. The standard InChI is InChI=1S/C17H24N2O4/c1-11-8-14(22-3)15(23-4)9-12(11)10-19(2)17(21)13-6-5-7-16(20)18-13/h8-9,13H,5-7,10H2,1-4H3,(H,18,20)/t13-/m1/s1. The maximum Gasteiger partial charge on any atom is 0.245 e. The van der Waals surface area contributed by atoms with Gasteiger partial charge in [0.25, 0.3) is 0 Å². The number of nitrogens with zero attached hydrogens (tertiary/aromatic N) is 1. The molecule has 0 radical (unpaired) electrons. The Morgan fingerprint density at radius 2 is 1.96 bits per heavy atom. The predicted molar refractivity (Wildman–Crippen MR) is 86.5 cm³/mol. The van der Waals surface area contributed by atoms with Gasteiger partial charge in [-0.2, -0.15) is 0 Å². The third-order valence-corrected chi connectivity index (χ3v) is 4.16. The van der Waals surface area contributed by atoms with Crippen molar-refractivity contribution in [3.8, 4) is 11.5 Å². The third-order valence-electron chi connectivity index (χ3n) is 4.16. The van der Waals surface area contributed by atoms with Crippen LogP contribution >= 0.6 is 0 Å². The molecule has 1 fully saturated rings. The van der Waals surface area contributed by atoms with E-state index in [1.165, 1.54) is 0 Å². The lowest BCUT2D eigenvalue weighted by Gasteiger charge is -2.27. The van der Waals surface area contributed by atoms with E-state index in [9.17, 15) is 9.59 Å². The maximum atomic E-state index is 12.5. The molecule has 6 heteroatoms. The van der Waals surface area contributed by atoms with Crippen LogP contribution in [0.15, 0.2) is 12.1 Å². The van der Waals surface area contributed by atoms with E-state index in [-0.39, 0.29) is 11.8 Å². The number of carbonyl (C=O) groups excluding carboxylic acids is 2. The van der Waals surface area contributed by atoms with Crippen LogP contribution in [0.25, 0.3) is 0 Å². The summed E-state index contributed by atoms with van der Waals surface area (Å²) in [5.74, 6) is 1.19. The smallest absolute Gasteiger partial charge is 0.245 e. The first-order valence-electron chi connectivity index (χ1n) is 7.72. The van der Waals surface area contributed by atoms with Crippen molar-refractivity contribution in [2.24, 2.45) is 0 Å². The molecule has 23 heavy (non-hydrogen) atoms.